The number of fused-ring (bicyclic) bond motifs is 4. The summed E-state index contributed by atoms with van der Waals surface area (Å²) in [5, 5.41) is 43.3. The van der Waals surface area contributed by atoms with Gasteiger partial charge in [0.2, 0.25) is 0 Å². The summed E-state index contributed by atoms with van der Waals surface area (Å²) in [6.07, 6.45) is 0. The molecule has 1 heterocycles. The van der Waals surface area contributed by atoms with Gasteiger partial charge in [-0.15, -0.1) is 5.11 Å². The summed E-state index contributed by atoms with van der Waals surface area (Å²) in [6, 6.07) is 25.6. The summed E-state index contributed by atoms with van der Waals surface area (Å²) in [6.45, 7) is 0. The average molecular weight is 739 g/mol. The number of nitrogens with zero attached hydrogens (tertiary/aromatic N) is 5. The summed E-state index contributed by atoms with van der Waals surface area (Å²) >= 11 is 0. The molecule has 1 aromatic heterocycles. The molecule has 6 aromatic carbocycles. The standard InChI is InChI=1S/C33H22N6O8S2.2Na/c40-27-14-9-18-16-22(48(42,43)44)10-11-23(18)30(27)38-37-21-8-4-5-19(15-21)33-34-26-13-12-24-25(29(26)35-33)17-28(49(45,46)47)31(32(24)41)39-36-20-6-2-1-3-7-20;;/h1-17,40-41H,(H,34,35)(H,42,43,44)(H,45,46,47);;/q;2*+1/p-2. The van der Waals surface area contributed by atoms with E-state index in [1.165, 1.54) is 30.3 Å². The molecule has 0 fully saturated rings. The van der Waals surface area contributed by atoms with Crippen molar-refractivity contribution in [3.63, 3.8) is 0 Å². The number of hydrogen-bond donors (Lipinski definition) is 3. The maximum atomic E-state index is 13.5. The Morgan fingerprint density at radius 3 is 2.04 bits per heavy atom. The van der Waals surface area contributed by atoms with Gasteiger partial charge in [0.1, 0.15) is 10.7 Å². The van der Waals surface area contributed by atoms with Crippen molar-refractivity contribution < 1.29 is 95.3 Å². The van der Waals surface area contributed by atoms with Gasteiger partial charge in [-0.05, 0) is 59.3 Å². The van der Waals surface area contributed by atoms with Gasteiger partial charge in [-0.2, -0.15) is 32.2 Å². The zero-order chi connectivity index (χ0) is 34.5. The molecule has 0 bridgehead atoms. The molecule has 0 aliphatic rings. The molecular weight excluding hydrogens is 719 g/mol. The van der Waals surface area contributed by atoms with E-state index in [1.807, 2.05) is 0 Å². The number of hydrogen-bond acceptors (Lipinski definition) is 11. The van der Waals surface area contributed by atoms with Crippen molar-refractivity contribution in [3.8, 4) is 22.9 Å². The van der Waals surface area contributed by atoms with E-state index in [0.717, 1.165) is 12.1 Å². The number of nitrogens with one attached hydrogen (secondary N) is 1. The molecule has 18 heteroatoms. The second-order valence-electron chi connectivity index (χ2n) is 10.7. The van der Waals surface area contributed by atoms with Gasteiger partial charge in [-0.3, -0.25) is 9.11 Å². The molecule has 0 saturated carbocycles. The van der Waals surface area contributed by atoms with E-state index in [1.54, 1.807) is 60.7 Å². The quantitative estimate of drug-likeness (QED) is 0.120. The third kappa shape index (κ3) is 7.75. The Hall–Kier alpha value is -4.07. The fraction of sp³-hybridized carbons (Fsp3) is 0. The minimum Gasteiger partial charge on any atom is -0.871 e. The SMILES string of the molecule is O=S(=O)(O)c1ccc2c(N=Nc3cccc(-c4nc5ccc6c([O-])c(N=Nc7ccccc7)c(S(=O)(=O)O)cc6c5[nH]4)c3)c([O-])ccc2c1.[Na+].[Na+]. The van der Waals surface area contributed by atoms with Crippen LogP contribution in [0.15, 0.2) is 133 Å². The molecule has 0 radical (unpaired) electrons. The van der Waals surface area contributed by atoms with E-state index in [4.69, 9.17) is 0 Å². The first-order valence-electron chi connectivity index (χ1n) is 14.2. The van der Waals surface area contributed by atoms with E-state index < -0.39 is 42.3 Å². The van der Waals surface area contributed by atoms with Crippen molar-refractivity contribution in [1.29, 1.82) is 0 Å². The largest absolute Gasteiger partial charge is 1.00 e. The van der Waals surface area contributed by atoms with Crippen molar-refractivity contribution in [3.05, 3.63) is 103 Å². The molecule has 7 aromatic rings. The van der Waals surface area contributed by atoms with Crippen molar-refractivity contribution in [2.75, 3.05) is 0 Å². The van der Waals surface area contributed by atoms with Gasteiger partial charge in [-0.1, -0.05) is 66.1 Å². The first-order chi connectivity index (χ1) is 23.4. The predicted octanol–water partition coefficient (Wildman–Crippen LogP) is 1.02. The smallest absolute Gasteiger partial charge is 0.871 e. The van der Waals surface area contributed by atoms with Crippen LogP contribution in [-0.2, 0) is 20.2 Å². The molecule has 7 rings (SSSR count). The van der Waals surface area contributed by atoms with Gasteiger partial charge in [0.05, 0.1) is 38.7 Å². The fourth-order valence-electron chi connectivity index (χ4n) is 5.27. The summed E-state index contributed by atoms with van der Waals surface area (Å²) in [5.74, 6) is -0.880. The van der Waals surface area contributed by atoms with Crippen LogP contribution in [0.3, 0.4) is 0 Å². The molecular formula is C33H20N6Na2O8S2. The molecule has 3 N–H and O–H groups in total. The minimum absolute atomic E-state index is 0. The topological polar surface area (TPSA) is 233 Å². The molecule has 0 unspecified atom stereocenters. The van der Waals surface area contributed by atoms with Crippen LogP contribution in [0, 0.1) is 0 Å². The van der Waals surface area contributed by atoms with Crippen LogP contribution in [0.4, 0.5) is 22.7 Å². The Morgan fingerprint density at radius 2 is 1.31 bits per heavy atom. The van der Waals surface area contributed by atoms with Crippen molar-refractivity contribution in [2.45, 2.75) is 9.79 Å². The zero-order valence-corrected chi connectivity index (χ0v) is 32.3. The van der Waals surface area contributed by atoms with E-state index in [0.29, 0.717) is 44.6 Å². The molecule has 0 aliphatic heterocycles. The summed E-state index contributed by atoms with van der Waals surface area (Å²) in [5.41, 5.74) is 1.38. The average Bonchev–Trinajstić information content (AvgIpc) is 3.52. The Labute approximate surface area is 334 Å². The van der Waals surface area contributed by atoms with E-state index in [9.17, 15) is 36.2 Å². The number of H-pyrrole nitrogens is 1. The first kappa shape index (κ1) is 38.2. The van der Waals surface area contributed by atoms with Gasteiger partial charge in [0, 0.05) is 16.3 Å². The van der Waals surface area contributed by atoms with Crippen LogP contribution in [0.5, 0.6) is 11.5 Å². The van der Waals surface area contributed by atoms with E-state index in [2.05, 4.69) is 30.4 Å². The normalized spacial score (nSPS) is 12.1. The molecule has 14 nitrogen and oxygen atoms in total. The van der Waals surface area contributed by atoms with Crippen LogP contribution in [0.1, 0.15) is 0 Å². The minimum atomic E-state index is -4.90. The van der Waals surface area contributed by atoms with Gasteiger partial charge >= 0.3 is 59.1 Å². The number of imidazole rings is 1. The van der Waals surface area contributed by atoms with Crippen LogP contribution in [0.25, 0.3) is 44.0 Å². The second-order valence-corrected chi connectivity index (χ2v) is 13.5. The molecule has 51 heavy (non-hydrogen) atoms. The predicted molar refractivity (Wildman–Crippen MR) is 176 cm³/mol. The maximum absolute atomic E-state index is 13.5. The number of rotatable bonds is 7. The molecule has 0 atom stereocenters. The third-order valence-corrected chi connectivity index (χ3v) is 9.29. The Kier molecular flexibility index (Phi) is 11.1. The zero-order valence-electron chi connectivity index (χ0n) is 26.7. The Bertz CT molecular complexity index is 2760. The van der Waals surface area contributed by atoms with Crippen molar-refractivity contribution in [1.82, 2.24) is 9.97 Å². The number of aromatic nitrogens is 2. The summed E-state index contributed by atoms with van der Waals surface area (Å²) in [4.78, 5) is 6.67. The van der Waals surface area contributed by atoms with Crippen LogP contribution < -0.4 is 69.3 Å². The van der Waals surface area contributed by atoms with Crippen LogP contribution in [-0.4, -0.2) is 35.9 Å². The molecule has 0 spiro atoms. The van der Waals surface area contributed by atoms with Gasteiger partial charge < -0.3 is 15.2 Å². The number of benzene rings is 6. The van der Waals surface area contributed by atoms with Crippen LogP contribution in [0.2, 0.25) is 0 Å². The number of aromatic amines is 1. The molecule has 244 valence electrons. The van der Waals surface area contributed by atoms with E-state index in [-0.39, 0.29) is 80.5 Å². The van der Waals surface area contributed by atoms with Crippen molar-refractivity contribution >= 4 is 75.6 Å². The fourth-order valence-corrected chi connectivity index (χ4v) is 6.44. The molecule has 0 aliphatic carbocycles. The van der Waals surface area contributed by atoms with Gasteiger partial charge in [0.15, 0.2) is 0 Å². The third-order valence-electron chi connectivity index (χ3n) is 7.58. The van der Waals surface area contributed by atoms with Gasteiger partial charge in [0.25, 0.3) is 20.2 Å². The Balaban J connectivity index is 0.00000252. The second kappa shape index (κ2) is 14.9. The monoisotopic (exact) mass is 738 g/mol. The molecule has 0 amide bonds. The summed E-state index contributed by atoms with van der Waals surface area (Å²) < 4.78 is 67.3. The van der Waals surface area contributed by atoms with Crippen molar-refractivity contribution in [2.24, 2.45) is 20.5 Å². The van der Waals surface area contributed by atoms with Crippen LogP contribution >= 0.6 is 0 Å². The summed E-state index contributed by atoms with van der Waals surface area (Å²) in [7, 11) is -9.35. The first-order valence-corrected chi connectivity index (χ1v) is 17.1. The molecule has 0 saturated heterocycles. The number of azo groups is 2. The van der Waals surface area contributed by atoms with E-state index >= 15 is 0 Å². The Morgan fingerprint density at radius 1 is 0.627 bits per heavy atom. The maximum Gasteiger partial charge on any atom is 1.00 e. The van der Waals surface area contributed by atoms with Gasteiger partial charge in [-0.25, -0.2) is 4.98 Å².